The predicted octanol–water partition coefficient (Wildman–Crippen LogP) is 6.79. The smallest absolute Gasteiger partial charge is 0.416 e. The molecule has 0 aromatic heterocycles. The van der Waals surface area contributed by atoms with Crippen molar-refractivity contribution in [2.45, 2.75) is 38.5 Å². The Morgan fingerprint density at radius 2 is 1.52 bits per heavy atom. The molecular formula is C27H28F3NO2. The molecule has 0 bridgehead atoms. The molecule has 6 heteroatoms. The topological polar surface area (TPSA) is 29.5 Å². The van der Waals surface area contributed by atoms with E-state index in [-0.39, 0.29) is 11.8 Å². The molecule has 0 aliphatic carbocycles. The average molecular weight is 456 g/mol. The highest BCUT2D eigenvalue weighted by Crippen LogP contribution is 2.32. The van der Waals surface area contributed by atoms with Crippen LogP contribution >= 0.6 is 0 Å². The normalized spacial score (nSPS) is 13.3. The first kappa shape index (κ1) is 24.4. The number of halogens is 3. The van der Waals surface area contributed by atoms with Crippen molar-refractivity contribution < 1.29 is 22.7 Å². The highest BCUT2D eigenvalue weighted by atomic mass is 19.4. The molecule has 0 heterocycles. The van der Waals surface area contributed by atoms with Gasteiger partial charge in [0.2, 0.25) is 5.91 Å². The first-order valence-electron chi connectivity index (χ1n) is 10.9. The van der Waals surface area contributed by atoms with Gasteiger partial charge >= 0.3 is 6.18 Å². The molecule has 0 N–H and O–H groups in total. The lowest BCUT2D eigenvalue weighted by molar-refractivity contribution is -0.137. The Balaban J connectivity index is 1.69. The van der Waals surface area contributed by atoms with Crippen LogP contribution in [0.5, 0.6) is 5.75 Å². The van der Waals surface area contributed by atoms with Gasteiger partial charge in [-0.25, -0.2) is 0 Å². The molecular weight excluding hydrogens is 427 g/mol. The zero-order valence-corrected chi connectivity index (χ0v) is 19.0. The van der Waals surface area contributed by atoms with E-state index < -0.39 is 17.8 Å². The van der Waals surface area contributed by atoms with Crippen molar-refractivity contribution >= 4 is 5.91 Å². The number of alkyl halides is 3. The average Bonchev–Trinajstić information content (AvgIpc) is 2.81. The summed E-state index contributed by atoms with van der Waals surface area (Å²) in [5, 5.41) is 0. The maximum Gasteiger partial charge on any atom is 0.416 e. The number of ether oxygens (including phenoxy) is 1. The number of likely N-dealkylation sites (N-methyl/N-ethyl adjacent to an activating group) is 1. The third-order valence-electron chi connectivity index (χ3n) is 5.68. The Bertz CT molecular complexity index is 1030. The molecule has 0 aliphatic heterocycles. The fourth-order valence-corrected chi connectivity index (χ4v) is 3.60. The van der Waals surface area contributed by atoms with Crippen LogP contribution in [0, 0.1) is 6.92 Å². The summed E-state index contributed by atoms with van der Waals surface area (Å²) >= 11 is 0. The Kier molecular flexibility index (Phi) is 7.79. The van der Waals surface area contributed by atoms with Crippen molar-refractivity contribution in [1.29, 1.82) is 0 Å². The van der Waals surface area contributed by atoms with Gasteiger partial charge in [-0.3, -0.25) is 4.79 Å². The van der Waals surface area contributed by atoms with Crippen molar-refractivity contribution in [2.75, 3.05) is 13.6 Å². The molecule has 3 rings (SSSR count). The van der Waals surface area contributed by atoms with Gasteiger partial charge in [0, 0.05) is 20.0 Å². The van der Waals surface area contributed by atoms with Gasteiger partial charge in [0.15, 0.2) is 0 Å². The van der Waals surface area contributed by atoms with Crippen molar-refractivity contribution in [2.24, 2.45) is 0 Å². The van der Waals surface area contributed by atoms with E-state index in [9.17, 15) is 18.0 Å². The molecule has 0 unspecified atom stereocenters. The molecule has 1 amide bonds. The van der Waals surface area contributed by atoms with Crippen molar-refractivity contribution in [1.82, 2.24) is 4.90 Å². The lowest BCUT2D eigenvalue weighted by Crippen LogP contribution is -2.32. The molecule has 0 fully saturated rings. The van der Waals surface area contributed by atoms with Gasteiger partial charge in [-0.15, -0.1) is 0 Å². The molecule has 3 aromatic carbocycles. The van der Waals surface area contributed by atoms with Crippen LogP contribution in [0.15, 0.2) is 78.9 Å². The van der Waals surface area contributed by atoms with Gasteiger partial charge in [0.1, 0.15) is 11.9 Å². The van der Waals surface area contributed by atoms with Crippen LogP contribution in [0.4, 0.5) is 13.2 Å². The summed E-state index contributed by atoms with van der Waals surface area (Å²) in [5.41, 5.74) is 2.27. The van der Waals surface area contributed by atoms with E-state index in [0.717, 1.165) is 28.8 Å². The molecule has 0 saturated heterocycles. The number of amides is 1. The second-order valence-electron chi connectivity index (χ2n) is 8.22. The first-order chi connectivity index (χ1) is 15.6. The summed E-state index contributed by atoms with van der Waals surface area (Å²) in [6, 6.07) is 22.0. The van der Waals surface area contributed by atoms with Crippen molar-refractivity contribution in [3.63, 3.8) is 0 Å². The molecule has 2 atom stereocenters. The minimum Gasteiger partial charge on any atom is -0.486 e. The Morgan fingerprint density at radius 3 is 2.09 bits per heavy atom. The third-order valence-corrected chi connectivity index (χ3v) is 5.68. The van der Waals surface area contributed by atoms with Crippen LogP contribution in [0.1, 0.15) is 47.6 Å². The SMILES string of the molecule is Cc1ccc([C@H](C)C(=O)N(C)CC[C@H](Oc2ccc(C(F)(F)F)cc2)c2ccccc2)cc1. The summed E-state index contributed by atoms with van der Waals surface area (Å²) in [6.45, 7) is 4.33. The molecule has 0 spiro atoms. The van der Waals surface area contributed by atoms with Crippen LogP contribution in [-0.4, -0.2) is 24.4 Å². The minimum atomic E-state index is -4.39. The standard InChI is InChI=1S/C27H28F3NO2/c1-19-9-11-21(12-10-19)20(2)26(32)31(3)18-17-25(22-7-5-4-6-8-22)33-24-15-13-23(14-16-24)27(28,29)30/h4-16,20,25H,17-18H2,1-3H3/t20-,25-/m0/s1. The summed E-state index contributed by atoms with van der Waals surface area (Å²) in [4.78, 5) is 14.6. The maximum atomic E-state index is 12.9. The minimum absolute atomic E-state index is 0.000180. The third kappa shape index (κ3) is 6.60. The van der Waals surface area contributed by atoms with Gasteiger partial charge in [-0.05, 0) is 49.2 Å². The van der Waals surface area contributed by atoms with Crippen LogP contribution < -0.4 is 4.74 Å². The number of hydrogen-bond donors (Lipinski definition) is 0. The summed E-state index contributed by atoms with van der Waals surface area (Å²) < 4.78 is 44.6. The number of carbonyl (C=O) groups excluding carboxylic acids is 1. The largest absolute Gasteiger partial charge is 0.486 e. The van der Waals surface area contributed by atoms with E-state index >= 15 is 0 Å². The molecule has 174 valence electrons. The first-order valence-corrected chi connectivity index (χ1v) is 10.9. The Morgan fingerprint density at radius 1 is 0.909 bits per heavy atom. The van der Waals surface area contributed by atoms with Gasteiger partial charge in [-0.2, -0.15) is 13.2 Å². The van der Waals surface area contributed by atoms with Crippen LogP contribution in [0.2, 0.25) is 0 Å². The lowest BCUT2D eigenvalue weighted by atomic mass is 9.98. The highest BCUT2D eigenvalue weighted by molar-refractivity contribution is 5.83. The van der Waals surface area contributed by atoms with E-state index in [2.05, 4.69) is 0 Å². The predicted molar refractivity (Wildman–Crippen MR) is 123 cm³/mol. The number of rotatable bonds is 8. The van der Waals surface area contributed by atoms with Crippen LogP contribution in [0.25, 0.3) is 0 Å². The molecule has 0 saturated carbocycles. The quantitative estimate of drug-likeness (QED) is 0.374. The zero-order chi connectivity index (χ0) is 24.0. The van der Waals surface area contributed by atoms with Gasteiger partial charge in [0.05, 0.1) is 11.5 Å². The summed E-state index contributed by atoms with van der Waals surface area (Å²) in [6.07, 6.45) is -4.31. The van der Waals surface area contributed by atoms with Crippen molar-refractivity contribution in [3.05, 3.63) is 101 Å². The monoisotopic (exact) mass is 455 g/mol. The van der Waals surface area contributed by atoms with Gasteiger partial charge < -0.3 is 9.64 Å². The molecule has 3 aromatic rings. The second kappa shape index (κ2) is 10.6. The van der Waals surface area contributed by atoms with Gasteiger partial charge in [-0.1, -0.05) is 60.2 Å². The number of hydrogen-bond acceptors (Lipinski definition) is 2. The Hall–Kier alpha value is -3.28. The highest BCUT2D eigenvalue weighted by Gasteiger charge is 2.30. The molecule has 0 aliphatic rings. The van der Waals surface area contributed by atoms with E-state index in [1.54, 1.807) is 11.9 Å². The summed E-state index contributed by atoms with van der Waals surface area (Å²) in [5.74, 6) is 0.0701. The summed E-state index contributed by atoms with van der Waals surface area (Å²) in [7, 11) is 1.76. The maximum absolute atomic E-state index is 12.9. The number of nitrogens with zero attached hydrogens (tertiary/aromatic N) is 1. The van der Waals surface area contributed by atoms with Crippen LogP contribution in [0.3, 0.4) is 0 Å². The van der Waals surface area contributed by atoms with E-state index in [1.807, 2.05) is 68.4 Å². The fourth-order valence-electron chi connectivity index (χ4n) is 3.60. The van der Waals surface area contributed by atoms with E-state index in [4.69, 9.17) is 4.74 Å². The number of carbonyl (C=O) groups is 1. The Labute approximate surface area is 192 Å². The van der Waals surface area contributed by atoms with Gasteiger partial charge in [0.25, 0.3) is 0 Å². The van der Waals surface area contributed by atoms with E-state index in [0.29, 0.717) is 18.7 Å². The van der Waals surface area contributed by atoms with E-state index in [1.165, 1.54) is 12.1 Å². The molecule has 0 radical (unpaired) electrons. The molecule has 3 nitrogen and oxygen atoms in total. The number of aryl methyl sites for hydroxylation is 1. The molecule has 33 heavy (non-hydrogen) atoms. The lowest BCUT2D eigenvalue weighted by Gasteiger charge is -2.25. The second-order valence-corrected chi connectivity index (χ2v) is 8.22. The number of benzene rings is 3. The fraction of sp³-hybridized carbons (Fsp3) is 0.296. The van der Waals surface area contributed by atoms with Crippen LogP contribution in [-0.2, 0) is 11.0 Å². The zero-order valence-electron chi connectivity index (χ0n) is 19.0. The van der Waals surface area contributed by atoms with Crippen molar-refractivity contribution in [3.8, 4) is 5.75 Å².